The van der Waals surface area contributed by atoms with Gasteiger partial charge in [-0.05, 0) is 50.9 Å². The van der Waals surface area contributed by atoms with Gasteiger partial charge in [0.15, 0.2) is 0 Å². The number of hydrogen-bond acceptors (Lipinski definition) is 13. The van der Waals surface area contributed by atoms with Gasteiger partial charge in [-0.2, -0.15) is 5.10 Å². The number of likely N-dealkylation sites (tertiary alicyclic amines) is 1. The van der Waals surface area contributed by atoms with Crippen LogP contribution in [-0.2, 0) is 29.1 Å². The Morgan fingerprint density at radius 1 is 1.06 bits per heavy atom. The number of carbonyl (C=O) groups is 4. The summed E-state index contributed by atoms with van der Waals surface area (Å²) in [5.41, 5.74) is -1.33. The summed E-state index contributed by atoms with van der Waals surface area (Å²) in [5.74, 6) is -3.17. The highest BCUT2D eigenvalue weighted by molar-refractivity contribution is 7.91. The van der Waals surface area contributed by atoms with Gasteiger partial charge in [0.05, 0.1) is 23.1 Å². The molecule has 0 spiro atoms. The molecule has 4 amide bonds. The van der Waals surface area contributed by atoms with E-state index in [0.717, 1.165) is 25.7 Å². The van der Waals surface area contributed by atoms with Gasteiger partial charge >= 0.3 is 6.09 Å². The molecule has 0 radical (unpaired) electrons. The summed E-state index contributed by atoms with van der Waals surface area (Å²) in [4.78, 5) is 79.7. The first-order valence-corrected chi connectivity index (χ1v) is 21.3. The van der Waals surface area contributed by atoms with Crippen LogP contribution in [0.3, 0.4) is 0 Å². The molecule has 288 valence electrons. The molecule has 19 heteroatoms. The van der Waals surface area contributed by atoms with Crippen LogP contribution in [0.25, 0.3) is 21.1 Å². The van der Waals surface area contributed by atoms with Gasteiger partial charge in [-0.3, -0.25) is 23.9 Å². The number of hydrogen-bond donors (Lipinski definition) is 3. The number of ether oxygens (including phenoxy) is 1. The summed E-state index contributed by atoms with van der Waals surface area (Å²) in [5, 5.41) is 13.9. The molecule has 0 unspecified atom stereocenters. The molecule has 5 atom stereocenters. The van der Waals surface area contributed by atoms with E-state index >= 15 is 0 Å². The molecule has 1 saturated heterocycles. The molecule has 3 aromatic heterocycles. The number of rotatable bonds is 13. The molecular weight excluding hydrogens is 757 g/mol. The summed E-state index contributed by atoms with van der Waals surface area (Å²) in [7, 11) is -3.93. The lowest BCUT2D eigenvalue weighted by molar-refractivity contribution is -0.141. The molecule has 3 saturated carbocycles. The lowest BCUT2D eigenvalue weighted by Crippen LogP contribution is -2.59. The molecular formula is C35H42N8O8S3. The minimum absolute atomic E-state index is 0.0768. The van der Waals surface area contributed by atoms with E-state index in [1.165, 1.54) is 44.5 Å². The van der Waals surface area contributed by atoms with Crippen LogP contribution in [0.5, 0.6) is 0 Å². The maximum absolute atomic E-state index is 14.5. The number of nitrogens with zero attached hydrogens (tertiary/aromatic N) is 5. The van der Waals surface area contributed by atoms with Crippen LogP contribution in [0.4, 0.5) is 4.79 Å². The minimum atomic E-state index is -3.93. The number of aromatic nitrogens is 4. The third-order valence-corrected chi connectivity index (χ3v) is 14.0. The topological polar surface area (TPSA) is 212 Å². The molecule has 3 aromatic rings. The maximum atomic E-state index is 14.5. The fourth-order valence-electron chi connectivity index (χ4n) is 7.31. The van der Waals surface area contributed by atoms with Crippen molar-refractivity contribution in [2.24, 2.45) is 11.8 Å². The van der Waals surface area contributed by atoms with Crippen LogP contribution in [-0.4, -0.2) is 92.4 Å². The molecule has 0 bridgehead atoms. The van der Waals surface area contributed by atoms with E-state index in [2.05, 4.69) is 37.0 Å². The van der Waals surface area contributed by atoms with Gasteiger partial charge in [0.1, 0.15) is 33.7 Å². The van der Waals surface area contributed by atoms with E-state index in [1.54, 1.807) is 37.0 Å². The summed E-state index contributed by atoms with van der Waals surface area (Å²) in [6, 6.07) is -3.14. The Bertz CT molecular complexity index is 2090. The van der Waals surface area contributed by atoms with Crippen LogP contribution in [0, 0.1) is 11.8 Å². The van der Waals surface area contributed by atoms with E-state index in [9.17, 15) is 32.4 Å². The largest absolute Gasteiger partial charge is 0.446 e. The van der Waals surface area contributed by atoms with Crippen LogP contribution in [0.15, 0.2) is 46.8 Å². The average molecular weight is 799 g/mol. The first-order valence-electron chi connectivity index (χ1n) is 18.0. The summed E-state index contributed by atoms with van der Waals surface area (Å²) >= 11 is 2.61. The SMILES string of the molecule is C=C[C@@H]1C[C@]1(NC(=O)[C@@H]1C[C@@H](n2ncc(-c3nccs3)c(-c3nccs3)c2=O)CN1C(=O)[C@@H](NC(=O)OC1CCCC1)C(C)C)C(=O)NS(=O)(=O)C1CC1. The molecule has 7 rings (SSSR count). The minimum Gasteiger partial charge on any atom is -0.446 e. The standard InChI is InChI=1S/C35H42N8O8S3/c1-4-20-16-35(20,33(47)41-54(49,50)23-9-10-23)40-28(44)25-15-21(18-42(25)32(46)27(19(2)3)39-34(48)51-22-7-5-6-8-22)43-31(45)26(30-37-12-14-53-30)24(17-38-43)29-36-11-13-52-29/h4,11-14,17,19-23,25,27H,1,5-10,15-16,18H2,2-3H3,(H,39,48)(H,40,44)(H,41,47)/t20-,21-,25+,27+,35-/m1/s1. The van der Waals surface area contributed by atoms with E-state index in [-0.39, 0.29) is 31.1 Å². The Balaban J connectivity index is 1.21. The molecule has 4 heterocycles. The summed E-state index contributed by atoms with van der Waals surface area (Å²) in [6.45, 7) is 7.13. The average Bonchev–Trinajstić information content (AvgIpc) is 3.67. The molecule has 3 aliphatic carbocycles. The van der Waals surface area contributed by atoms with Crippen molar-refractivity contribution in [2.75, 3.05) is 6.54 Å². The molecule has 1 aliphatic heterocycles. The zero-order valence-corrected chi connectivity index (χ0v) is 32.3. The van der Waals surface area contributed by atoms with Crippen LogP contribution in [0.1, 0.15) is 71.3 Å². The van der Waals surface area contributed by atoms with Crippen LogP contribution in [0.2, 0.25) is 0 Å². The van der Waals surface area contributed by atoms with Crippen molar-refractivity contribution in [1.82, 2.24) is 40.0 Å². The smallest absolute Gasteiger partial charge is 0.408 e. The van der Waals surface area contributed by atoms with Crippen molar-refractivity contribution in [3.63, 3.8) is 0 Å². The van der Waals surface area contributed by atoms with E-state index < -0.39 is 80.1 Å². The van der Waals surface area contributed by atoms with Crippen molar-refractivity contribution in [1.29, 1.82) is 0 Å². The predicted molar refractivity (Wildman–Crippen MR) is 200 cm³/mol. The number of carbonyl (C=O) groups excluding carboxylic acids is 4. The molecule has 0 aromatic carbocycles. The Hall–Kier alpha value is -4.49. The van der Waals surface area contributed by atoms with Crippen molar-refractivity contribution >= 4 is 56.5 Å². The van der Waals surface area contributed by atoms with E-state index in [0.29, 0.717) is 28.4 Å². The normalized spacial score (nSPS) is 24.6. The van der Waals surface area contributed by atoms with E-state index in [1.807, 2.05) is 0 Å². The monoisotopic (exact) mass is 798 g/mol. The fourth-order valence-corrected chi connectivity index (χ4v) is 10.0. The third kappa shape index (κ3) is 7.44. The molecule has 4 fully saturated rings. The number of thiazole rings is 2. The number of amides is 4. The van der Waals surface area contributed by atoms with Crippen LogP contribution >= 0.6 is 22.7 Å². The van der Waals surface area contributed by atoms with E-state index in [4.69, 9.17) is 4.74 Å². The highest BCUT2D eigenvalue weighted by Gasteiger charge is 2.62. The highest BCUT2D eigenvalue weighted by atomic mass is 32.2. The lowest BCUT2D eigenvalue weighted by Gasteiger charge is -2.31. The van der Waals surface area contributed by atoms with Gasteiger partial charge in [0.2, 0.25) is 21.8 Å². The molecule has 54 heavy (non-hydrogen) atoms. The number of nitrogens with one attached hydrogen (secondary N) is 3. The predicted octanol–water partition coefficient (Wildman–Crippen LogP) is 3.00. The van der Waals surface area contributed by atoms with Crippen LogP contribution < -0.4 is 20.9 Å². The van der Waals surface area contributed by atoms with Gasteiger partial charge in [0.25, 0.3) is 11.5 Å². The molecule has 16 nitrogen and oxygen atoms in total. The zero-order valence-electron chi connectivity index (χ0n) is 29.8. The molecule has 4 aliphatic rings. The fraction of sp³-hybridized carbons (Fsp3) is 0.543. The number of sulfonamides is 1. The quantitative estimate of drug-likeness (QED) is 0.214. The van der Waals surface area contributed by atoms with Gasteiger partial charge < -0.3 is 20.3 Å². The van der Waals surface area contributed by atoms with Gasteiger partial charge in [-0.25, -0.2) is 27.9 Å². The second-order valence-electron chi connectivity index (χ2n) is 14.6. The highest BCUT2D eigenvalue weighted by Crippen LogP contribution is 2.46. The van der Waals surface area contributed by atoms with Gasteiger partial charge in [0, 0.05) is 47.6 Å². The third-order valence-electron chi connectivity index (χ3n) is 10.6. The second kappa shape index (κ2) is 15.0. The van der Waals surface area contributed by atoms with Gasteiger partial charge in [-0.1, -0.05) is 19.9 Å². The zero-order chi connectivity index (χ0) is 38.4. The maximum Gasteiger partial charge on any atom is 0.408 e. The number of alkyl carbamates (subject to hydrolysis) is 1. The lowest BCUT2D eigenvalue weighted by atomic mass is 10.0. The summed E-state index contributed by atoms with van der Waals surface area (Å²) in [6.07, 6.45) is 9.48. The Kier molecular flexibility index (Phi) is 10.5. The summed E-state index contributed by atoms with van der Waals surface area (Å²) < 4.78 is 34.4. The Morgan fingerprint density at radius 3 is 2.33 bits per heavy atom. The van der Waals surface area contributed by atoms with Crippen molar-refractivity contribution in [2.45, 2.75) is 100 Å². The Labute approximate surface area is 319 Å². The van der Waals surface area contributed by atoms with Crippen molar-refractivity contribution in [3.8, 4) is 21.1 Å². The van der Waals surface area contributed by atoms with Crippen molar-refractivity contribution in [3.05, 3.63) is 52.4 Å². The van der Waals surface area contributed by atoms with Gasteiger partial charge in [-0.15, -0.1) is 29.3 Å². The molecule has 3 N–H and O–H groups in total. The Morgan fingerprint density at radius 2 is 1.74 bits per heavy atom. The van der Waals surface area contributed by atoms with Crippen molar-refractivity contribution < 1.29 is 32.3 Å². The second-order valence-corrected chi connectivity index (χ2v) is 18.4. The first-order chi connectivity index (χ1) is 25.8. The first kappa shape index (κ1) is 37.8.